The molecule has 0 bridgehead atoms. The van der Waals surface area contributed by atoms with Crippen molar-refractivity contribution >= 4 is 34.1 Å². The van der Waals surface area contributed by atoms with Gasteiger partial charge in [-0.1, -0.05) is 42.0 Å². The normalized spacial score (nSPS) is 10.1. The summed E-state index contributed by atoms with van der Waals surface area (Å²) in [6.07, 6.45) is -9.07. The van der Waals surface area contributed by atoms with E-state index in [2.05, 4.69) is 0 Å². The first-order valence-electron chi connectivity index (χ1n) is 30.4. The van der Waals surface area contributed by atoms with Crippen LogP contribution in [0.4, 0.5) is 104 Å². The van der Waals surface area contributed by atoms with Crippen LogP contribution in [0.3, 0.4) is 0 Å². The number of benzene rings is 10. The highest BCUT2D eigenvalue weighted by Gasteiger charge is 2.34. The molecule has 0 radical (unpaired) electrons. The van der Waals surface area contributed by atoms with Crippen molar-refractivity contribution in [3.8, 4) is 0 Å². The van der Waals surface area contributed by atoms with E-state index in [1.54, 1.807) is 32.9 Å². The Hall–Kier alpha value is -12.5. The Balaban J connectivity index is 0.000000601. The van der Waals surface area contributed by atoms with Gasteiger partial charge in [-0.2, -0.15) is 35.1 Å². The van der Waals surface area contributed by atoms with Gasteiger partial charge in [0.25, 0.3) is 22.7 Å². The molecule has 0 atom stereocenters. The number of halogens is 16. The van der Waals surface area contributed by atoms with Gasteiger partial charge in [0.1, 0.15) is 46.5 Å². The molecule has 10 aromatic rings. The zero-order valence-electron chi connectivity index (χ0n) is 59.0. The Morgan fingerprint density at radius 1 is 0.250 bits per heavy atom. The van der Waals surface area contributed by atoms with E-state index in [0.29, 0.717) is 45.0 Å². The summed E-state index contributed by atoms with van der Waals surface area (Å²) in [4.78, 5) is 57.2. The topological polar surface area (TPSA) is 259 Å². The first-order valence-corrected chi connectivity index (χ1v) is 30.4. The summed E-state index contributed by atoms with van der Waals surface area (Å²) in [5.41, 5.74) is 3.90. The van der Waals surface area contributed by atoms with E-state index >= 15 is 0 Å². The molecule has 18 nitrogen and oxygen atoms in total. The van der Waals surface area contributed by atoms with E-state index in [1.165, 1.54) is 113 Å². The van der Waals surface area contributed by atoms with E-state index in [0.717, 1.165) is 107 Å². The van der Waals surface area contributed by atoms with E-state index < -0.39 is 111 Å². The minimum Gasteiger partial charge on any atom is -0.258 e. The van der Waals surface area contributed by atoms with Crippen molar-refractivity contribution in [3.05, 3.63) is 379 Å². The van der Waals surface area contributed by atoms with Gasteiger partial charge in [-0.25, -0.2) is 35.1 Å². The number of aryl methyl sites for hydroxylation is 12. The Bertz CT molecular complexity index is 4560. The van der Waals surface area contributed by atoms with Crippen LogP contribution in [0.25, 0.3) is 0 Å². The van der Waals surface area contributed by atoms with Crippen LogP contribution in [0.5, 0.6) is 0 Å². The Kier molecular flexibility index (Phi) is 37.8. The van der Waals surface area contributed by atoms with Crippen LogP contribution in [0.2, 0.25) is 0 Å². The minimum atomic E-state index is -4.60. The standard InChI is InChI=1S/2C8H6F4.2C8H9F.6C7H6FNO2/c1-5-2-6(8(10,11)12)4-7(9)3-5;1-5-2-3-7(9)6(4-5)8(10,11)12;2*1-6-3-4-8(9)5-7(6)2;1-5-4-6(9(10)11)2-3-7(5)8;1-5-4-6(8)2-3-7(5)9(10)11;1-5-2-3-6(9(10)11)4-7(5)8;1-5-2-3-6(8)4-7(5)9(10)11;1-5-2-3-7(9(10)11)6(8)4-5;1-5-3-2-4-6(8)7(5)9(10)11/h2*2-4H,1H3;2*3-5H,1-2H3;6*2-4H,1H3. The highest BCUT2D eigenvalue weighted by atomic mass is 19.4. The highest BCUT2D eigenvalue weighted by Crippen LogP contribution is 2.33. The average molecular weight is 1540 g/mol. The maximum absolute atomic E-state index is 12.7. The van der Waals surface area contributed by atoms with Gasteiger partial charge in [0.15, 0.2) is 0 Å². The molecular weight excluding hydrogens is 1470 g/mol. The second-order valence-corrected chi connectivity index (χ2v) is 22.6. The van der Waals surface area contributed by atoms with Crippen molar-refractivity contribution in [2.24, 2.45) is 0 Å². The fourth-order valence-corrected chi connectivity index (χ4v) is 7.82. The molecule has 0 fully saturated rings. The number of non-ortho nitro benzene ring substituents is 2. The summed E-state index contributed by atoms with van der Waals surface area (Å²) in [5.74, 6) is -5.96. The second kappa shape index (κ2) is 43.7. The van der Waals surface area contributed by atoms with Gasteiger partial charge >= 0.3 is 23.7 Å². The third-order valence-electron chi connectivity index (χ3n) is 13.8. The van der Waals surface area contributed by atoms with Crippen molar-refractivity contribution in [1.29, 1.82) is 0 Å². The lowest BCUT2D eigenvalue weighted by molar-refractivity contribution is -0.388. The van der Waals surface area contributed by atoms with Gasteiger partial charge in [0, 0.05) is 47.0 Å². The van der Waals surface area contributed by atoms with Crippen molar-refractivity contribution in [2.45, 2.75) is 95.4 Å². The van der Waals surface area contributed by atoms with Gasteiger partial charge in [0.05, 0.1) is 52.8 Å². The lowest BCUT2D eigenvalue weighted by Gasteiger charge is -2.07. The largest absolute Gasteiger partial charge is 0.419 e. The average Bonchev–Trinajstić information content (AvgIpc) is 0.835. The van der Waals surface area contributed by atoms with Crippen LogP contribution < -0.4 is 0 Å². The van der Waals surface area contributed by atoms with Crippen LogP contribution >= 0.6 is 0 Å². The van der Waals surface area contributed by atoms with Crippen molar-refractivity contribution in [1.82, 2.24) is 0 Å². The smallest absolute Gasteiger partial charge is 0.258 e. The van der Waals surface area contributed by atoms with Crippen LogP contribution in [-0.2, 0) is 12.4 Å². The number of nitro groups is 6. The molecular formula is C74H66F16N6O12. The zero-order valence-corrected chi connectivity index (χ0v) is 59.0. The van der Waals surface area contributed by atoms with E-state index in [4.69, 9.17) is 0 Å². The highest BCUT2D eigenvalue weighted by molar-refractivity contribution is 5.42. The maximum Gasteiger partial charge on any atom is 0.419 e. The van der Waals surface area contributed by atoms with Gasteiger partial charge < -0.3 is 0 Å². The molecule has 0 saturated heterocycles. The number of para-hydroxylation sites is 1. The molecule has 0 heterocycles. The van der Waals surface area contributed by atoms with E-state index in [-0.39, 0.29) is 39.9 Å². The Labute approximate surface area is 606 Å². The first-order chi connectivity index (χ1) is 49.9. The summed E-state index contributed by atoms with van der Waals surface area (Å²) in [6.45, 7) is 19.9. The number of nitrogens with zero attached hydrogens (tertiary/aromatic N) is 6. The van der Waals surface area contributed by atoms with Crippen molar-refractivity contribution in [2.75, 3.05) is 0 Å². The third kappa shape index (κ3) is 33.9. The van der Waals surface area contributed by atoms with Crippen LogP contribution in [0, 0.1) is 202 Å². The van der Waals surface area contributed by atoms with Crippen LogP contribution in [0.1, 0.15) is 77.9 Å². The van der Waals surface area contributed by atoms with Gasteiger partial charge in [0.2, 0.25) is 11.6 Å². The molecule has 10 rings (SSSR count). The van der Waals surface area contributed by atoms with Gasteiger partial charge in [-0.3, -0.25) is 60.7 Å². The molecule has 10 aromatic carbocycles. The maximum atomic E-state index is 12.7. The third-order valence-corrected chi connectivity index (χ3v) is 13.8. The van der Waals surface area contributed by atoms with Crippen LogP contribution in [-0.4, -0.2) is 29.5 Å². The lowest BCUT2D eigenvalue weighted by atomic mass is 10.1. The second-order valence-electron chi connectivity index (χ2n) is 22.6. The predicted octanol–water partition coefficient (Wildman–Crippen LogP) is 23.4. The molecule has 34 heteroatoms. The molecule has 108 heavy (non-hydrogen) atoms. The molecule has 0 saturated carbocycles. The lowest BCUT2D eigenvalue weighted by Crippen LogP contribution is -2.08. The van der Waals surface area contributed by atoms with Crippen molar-refractivity contribution < 1.29 is 99.8 Å². The van der Waals surface area contributed by atoms with E-state index in [1.807, 2.05) is 27.7 Å². The van der Waals surface area contributed by atoms with Crippen molar-refractivity contribution in [3.63, 3.8) is 0 Å². The minimum absolute atomic E-state index is 0.0496. The predicted molar refractivity (Wildman–Crippen MR) is 371 cm³/mol. The summed E-state index contributed by atoms with van der Waals surface area (Å²) < 4.78 is 197. The molecule has 0 aliphatic carbocycles. The SMILES string of the molecule is Cc1cc(F)cc(C(F)(F)F)c1.Cc1cc(F)ccc1[N+](=O)[O-].Cc1cc([N+](=O)[O-])ccc1F.Cc1ccc(F)c(C(F)(F)F)c1.Cc1ccc(F)cc1C.Cc1ccc(F)cc1C.Cc1ccc(F)cc1[N+](=O)[O-].Cc1ccc([N+](=O)[O-])c(F)c1.Cc1ccc([N+](=O)[O-])cc1F.Cc1cccc(F)c1[N+](=O)[O-]. The first kappa shape index (κ1) is 93.5. The molecule has 0 spiro atoms. The summed E-state index contributed by atoms with van der Waals surface area (Å²) in [5, 5.41) is 61.0. The molecule has 576 valence electrons. The molecule has 0 aromatic heterocycles. The van der Waals surface area contributed by atoms with Gasteiger partial charge in [-0.15, -0.1) is 0 Å². The molecule has 0 aliphatic rings. The number of alkyl halides is 6. The Morgan fingerprint density at radius 3 is 1.06 bits per heavy atom. The fourth-order valence-electron chi connectivity index (χ4n) is 7.82. The number of hydrogen-bond acceptors (Lipinski definition) is 12. The number of hydrogen-bond donors (Lipinski definition) is 0. The fraction of sp³-hybridized carbons (Fsp3) is 0.189. The quantitative estimate of drug-likeness (QED) is 0.0855. The summed E-state index contributed by atoms with van der Waals surface area (Å²) in [6, 6.07) is 36.6. The summed E-state index contributed by atoms with van der Waals surface area (Å²) in [7, 11) is 0. The van der Waals surface area contributed by atoms with E-state index in [9.17, 15) is 131 Å². The molecule has 0 aliphatic heterocycles. The van der Waals surface area contributed by atoms with Gasteiger partial charge in [-0.05, 0) is 231 Å². The molecule has 0 N–H and O–H groups in total. The van der Waals surface area contributed by atoms with Crippen LogP contribution in [0.15, 0.2) is 182 Å². The zero-order chi connectivity index (χ0) is 83.0. The number of rotatable bonds is 6. The Morgan fingerprint density at radius 2 is 0.676 bits per heavy atom. The summed E-state index contributed by atoms with van der Waals surface area (Å²) >= 11 is 0. The molecule has 0 unspecified atom stereocenters. The molecule has 0 amide bonds. The monoisotopic (exact) mass is 1530 g/mol. The number of nitro benzene ring substituents is 6.